The van der Waals surface area contributed by atoms with Crippen molar-refractivity contribution in [2.75, 3.05) is 12.8 Å². The molecule has 2 heterocycles. The third-order valence-corrected chi connectivity index (χ3v) is 2.25. The van der Waals surface area contributed by atoms with Gasteiger partial charge >= 0.3 is 6.01 Å². The summed E-state index contributed by atoms with van der Waals surface area (Å²) < 4.78 is 7.33. The number of aromatic nitrogens is 4. The zero-order valence-electron chi connectivity index (χ0n) is 6.73. The van der Waals surface area contributed by atoms with Crippen LogP contribution in [0.5, 0.6) is 6.01 Å². The standard InChI is InChI=1S/C6H6IN5O/c1-13-6-9-2-3(7)4-10-5(8)11-12(4)6/h2H,1H3,(H2,8,11). The summed E-state index contributed by atoms with van der Waals surface area (Å²) in [6, 6.07) is 0.375. The third-order valence-electron chi connectivity index (χ3n) is 1.49. The topological polar surface area (TPSA) is 78.3 Å². The fraction of sp³-hybridized carbons (Fsp3) is 0.167. The largest absolute Gasteiger partial charge is 0.467 e. The van der Waals surface area contributed by atoms with Crippen molar-refractivity contribution in [2.45, 2.75) is 0 Å². The van der Waals surface area contributed by atoms with Gasteiger partial charge in [-0.2, -0.15) is 9.50 Å². The predicted octanol–water partition coefficient (Wildman–Crippen LogP) is 0.320. The molecule has 0 amide bonds. The average molecular weight is 291 g/mol. The Morgan fingerprint density at radius 1 is 1.62 bits per heavy atom. The normalized spacial score (nSPS) is 10.6. The molecule has 0 spiro atoms. The fourth-order valence-electron chi connectivity index (χ4n) is 0.979. The van der Waals surface area contributed by atoms with Gasteiger partial charge in [-0.05, 0) is 22.6 Å². The predicted molar refractivity (Wildman–Crippen MR) is 54.5 cm³/mol. The van der Waals surface area contributed by atoms with Crippen LogP contribution in [0, 0.1) is 3.57 Å². The molecule has 2 N–H and O–H groups in total. The Kier molecular flexibility index (Phi) is 1.94. The van der Waals surface area contributed by atoms with Crippen molar-refractivity contribution >= 4 is 34.2 Å². The van der Waals surface area contributed by atoms with E-state index in [9.17, 15) is 0 Å². The smallest absolute Gasteiger partial charge is 0.319 e. The Morgan fingerprint density at radius 3 is 3.08 bits per heavy atom. The summed E-state index contributed by atoms with van der Waals surface area (Å²) in [7, 11) is 1.52. The SMILES string of the molecule is COc1ncc(I)c2nc(N)nn12. The van der Waals surface area contributed by atoms with E-state index in [1.54, 1.807) is 6.20 Å². The second kappa shape index (κ2) is 2.98. The third kappa shape index (κ3) is 1.28. The maximum atomic E-state index is 5.45. The Hall–Kier alpha value is -1.12. The van der Waals surface area contributed by atoms with E-state index < -0.39 is 0 Å². The van der Waals surface area contributed by atoms with Gasteiger partial charge in [0.2, 0.25) is 5.95 Å². The summed E-state index contributed by atoms with van der Waals surface area (Å²) in [6.45, 7) is 0. The first kappa shape index (κ1) is 8.48. The van der Waals surface area contributed by atoms with Crippen molar-refractivity contribution in [2.24, 2.45) is 0 Å². The number of anilines is 1. The number of rotatable bonds is 1. The molecule has 2 aromatic rings. The van der Waals surface area contributed by atoms with Crippen LogP contribution < -0.4 is 10.5 Å². The molecule has 0 aliphatic carbocycles. The van der Waals surface area contributed by atoms with Gasteiger partial charge in [-0.1, -0.05) is 0 Å². The molecule has 0 saturated heterocycles. The average Bonchev–Trinajstić information content (AvgIpc) is 2.48. The van der Waals surface area contributed by atoms with Crippen molar-refractivity contribution in [1.29, 1.82) is 0 Å². The van der Waals surface area contributed by atoms with Gasteiger partial charge in [0.25, 0.3) is 0 Å². The minimum absolute atomic E-state index is 0.212. The van der Waals surface area contributed by atoms with Crippen LogP contribution >= 0.6 is 22.6 Å². The van der Waals surface area contributed by atoms with E-state index in [2.05, 4.69) is 37.7 Å². The molecule has 0 radical (unpaired) electrons. The Balaban J connectivity index is 2.83. The first-order valence-corrected chi connectivity index (χ1v) is 4.51. The van der Waals surface area contributed by atoms with Crippen LogP contribution in [0.3, 0.4) is 0 Å². The molecular weight excluding hydrogens is 285 g/mol. The molecule has 0 aliphatic heterocycles. The highest BCUT2D eigenvalue weighted by atomic mass is 127. The number of hydrogen-bond donors (Lipinski definition) is 1. The number of methoxy groups -OCH3 is 1. The highest BCUT2D eigenvalue weighted by molar-refractivity contribution is 14.1. The Bertz CT molecular complexity index is 453. The monoisotopic (exact) mass is 291 g/mol. The van der Waals surface area contributed by atoms with Crippen molar-refractivity contribution in [3.05, 3.63) is 9.77 Å². The highest BCUT2D eigenvalue weighted by Crippen LogP contribution is 2.16. The molecule has 2 rings (SSSR count). The van der Waals surface area contributed by atoms with Crippen molar-refractivity contribution in [3.63, 3.8) is 0 Å². The van der Waals surface area contributed by atoms with Gasteiger partial charge in [0, 0.05) is 6.20 Å². The summed E-state index contributed by atoms with van der Waals surface area (Å²) in [4.78, 5) is 8.04. The van der Waals surface area contributed by atoms with Gasteiger partial charge in [0.1, 0.15) is 0 Å². The lowest BCUT2D eigenvalue weighted by Gasteiger charge is -2.00. The first-order valence-electron chi connectivity index (χ1n) is 3.43. The van der Waals surface area contributed by atoms with E-state index in [-0.39, 0.29) is 5.95 Å². The number of halogens is 1. The van der Waals surface area contributed by atoms with Crippen molar-refractivity contribution in [1.82, 2.24) is 19.6 Å². The van der Waals surface area contributed by atoms with Crippen molar-refractivity contribution < 1.29 is 4.74 Å². The van der Waals surface area contributed by atoms with Crippen molar-refractivity contribution in [3.8, 4) is 6.01 Å². The molecule has 0 atom stereocenters. The molecule has 68 valence electrons. The maximum Gasteiger partial charge on any atom is 0.319 e. The number of hydrogen-bond acceptors (Lipinski definition) is 5. The van der Waals surface area contributed by atoms with Crippen LogP contribution in [-0.4, -0.2) is 26.7 Å². The zero-order valence-corrected chi connectivity index (χ0v) is 8.89. The number of nitrogen functional groups attached to an aromatic ring is 1. The van der Waals surface area contributed by atoms with E-state index >= 15 is 0 Å². The quantitative estimate of drug-likeness (QED) is 0.766. The second-order valence-electron chi connectivity index (χ2n) is 2.30. The van der Waals surface area contributed by atoms with Gasteiger partial charge in [-0.3, -0.25) is 0 Å². The molecule has 0 unspecified atom stereocenters. The minimum Gasteiger partial charge on any atom is -0.467 e. The Morgan fingerprint density at radius 2 is 2.38 bits per heavy atom. The molecule has 0 aliphatic rings. The summed E-state index contributed by atoms with van der Waals surface area (Å²) in [5.41, 5.74) is 6.11. The number of fused-ring (bicyclic) bond motifs is 1. The van der Waals surface area contributed by atoms with Gasteiger partial charge in [-0.25, -0.2) is 4.98 Å². The number of nitrogens with two attached hydrogens (primary N) is 1. The molecule has 13 heavy (non-hydrogen) atoms. The lowest BCUT2D eigenvalue weighted by Crippen LogP contribution is -2.00. The summed E-state index contributed by atoms with van der Waals surface area (Å²) in [5.74, 6) is 0.212. The molecule has 2 aromatic heterocycles. The fourth-order valence-corrected chi connectivity index (χ4v) is 1.47. The lowest BCUT2D eigenvalue weighted by molar-refractivity contribution is 0.367. The molecule has 0 saturated carbocycles. The molecule has 6 nitrogen and oxygen atoms in total. The van der Waals surface area contributed by atoms with E-state index in [0.717, 1.165) is 3.57 Å². The van der Waals surface area contributed by atoms with Gasteiger partial charge in [0.05, 0.1) is 10.7 Å². The summed E-state index contributed by atoms with van der Waals surface area (Å²) in [5, 5.41) is 3.94. The zero-order chi connectivity index (χ0) is 9.42. The molecule has 0 bridgehead atoms. The van der Waals surface area contributed by atoms with Crippen LogP contribution in [0.15, 0.2) is 6.20 Å². The molecule has 0 fully saturated rings. The lowest BCUT2D eigenvalue weighted by atomic mass is 10.6. The second-order valence-corrected chi connectivity index (χ2v) is 3.46. The van der Waals surface area contributed by atoms with E-state index in [1.807, 2.05) is 0 Å². The van der Waals surface area contributed by atoms with E-state index in [0.29, 0.717) is 11.7 Å². The number of nitrogens with zero attached hydrogens (tertiary/aromatic N) is 4. The molecule has 0 aromatic carbocycles. The van der Waals surface area contributed by atoms with Crippen LogP contribution in [0.1, 0.15) is 0 Å². The van der Waals surface area contributed by atoms with Gasteiger partial charge in [-0.15, -0.1) is 5.10 Å². The van der Waals surface area contributed by atoms with Crippen LogP contribution in [0.25, 0.3) is 5.65 Å². The Labute approximate surface area is 87.3 Å². The minimum atomic E-state index is 0.212. The molecular formula is C6H6IN5O. The van der Waals surface area contributed by atoms with Gasteiger partial charge in [0.15, 0.2) is 5.65 Å². The van der Waals surface area contributed by atoms with Crippen LogP contribution in [0.4, 0.5) is 5.95 Å². The maximum absolute atomic E-state index is 5.45. The van der Waals surface area contributed by atoms with E-state index in [4.69, 9.17) is 10.5 Å². The first-order chi connectivity index (χ1) is 6.22. The van der Waals surface area contributed by atoms with Crippen LogP contribution in [-0.2, 0) is 0 Å². The van der Waals surface area contributed by atoms with Gasteiger partial charge < -0.3 is 10.5 Å². The highest BCUT2D eigenvalue weighted by Gasteiger charge is 2.09. The van der Waals surface area contributed by atoms with E-state index in [1.165, 1.54) is 11.6 Å². The summed E-state index contributed by atoms with van der Waals surface area (Å²) in [6.07, 6.45) is 1.66. The number of ether oxygens (including phenoxy) is 1. The summed E-state index contributed by atoms with van der Waals surface area (Å²) >= 11 is 2.11. The molecule has 7 heteroatoms. The van der Waals surface area contributed by atoms with Crippen LogP contribution in [0.2, 0.25) is 0 Å².